The minimum atomic E-state index is -0.194. The van der Waals surface area contributed by atoms with Crippen molar-refractivity contribution < 1.29 is 9.90 Å². The van der Waals surface area contributed by atoms with E-state index in [0.29, 0.717) is 13.0 Å². The first-order valence-electron chi connectivity index (χ1n) is 4.63. The van der Waals surface area contributed by atoms with Gasteiger partial charge in [0.1, 0.15) is 5.75 Å². The Balaban J connectivity index is 2.50. The van der Waals surface area contributed by atoms with Crippen LogP contribution in [0.4, 0.5) is 5.69 Å². The number of benzene rings is 1. The van der Waals surface area contributed by atoms with E-state index in [2.05, 4.69) is 5.43 Å². The molecule has 82 valence electrons. The summed E-state index contributed by atoms with van der Waals surface area (Å²) in [5.41, 5.74) is 3.02. The van der Waals surface area contributed by atoms with Crippen molar-refractivity contribution in [3.8, 4) is 5.75 Å². The van der Waals surface area contributed by atoms with Gasteiger partial charge in [0.25, 0.3) is 0 Å². The van der Waals surface area contributed by atoms with E-state index in [9.17, 15) is 4.79 Å². The quantitative estimate of drug-likeness (QED) is 0.376. The molecule has 0 aliphatic heterocycles. The number of phenolic OH excluding ortho intramolecular Hbond substituents is 1. The second-order valence-corrected chi connectivity index (χ2v) is 3.26. The molecule has 0 saturated carbocycles. The summed E-state index contributed by atoms with van der Waals surface area (Å²) in [6.07, 6.45) is 0.341. The Bertz CT molecular complexity index is 324. The Morgan fingerprint density at radius 2 is 2.07 bits per heavy atom. The van der Waals surface area contributed by atoms with Gasteiger partial charge in [0, 0.05) is 25.7 Å². The van der Waals surface area contributed by atoms with Crippen LogP contribution >= 0.6 is 0 Å². The normalized spacial score (nSPS) is 9.73. The van der Waals surface area contributed by atoms with Gasteiger partial charge in [0.2, 0.25) is 5.91 Å². The van der Waals surface area contributed by atoms with Gasteiger partial charge in [-0.25, -0.2) is 5.84 Å². The van der Waals surface area contributed by atoms with Crippen molar-refractivity contribution in [1.29, 1.82) is 0 Å². The number of hydrogen-bond acceptors (Lipinski definition) is 4. The number of phenols is 1. The van der Waals surface area contributed by atoms with Crippen LogP contribution in [0.25, 0.3) is 0 Å². The highest BCUT2D eigenvalue weighted by Gasteiger charge is 2.03. The molecule has 5 heteroatoms. The van der Waals surface area contributed by atoms with Gasteiger partial charge in [-0.2, -0.15) is 0 Å². The molecule has 5 nitrogen and oxygen atoms in total. The van der Waals surface area contributed by atoms with Crippen molar-refractivity contribution in [3.05, 3.63) is 24.3 Å². The molecule has 0 bridgehead atoms. The van der Waals surface area contributed by atoms with Crippen LogP contribution in [0.3, 0.4) is 0 Å². The number of nitrogens with one attached hydrogen (secondary N) is 1. The lowest BCUT2D eigenvalue weighted by Gasteiger charge is -2.18. The minimum Gasteiger partial charge on any atom is -0.508 e. The fraction of sp³-hybridized carbons (Fsp3) is 0.300. The number of aromatic hydroxyl groups is 1. The monoisotopic (exact) mass is 209 g/mol. The number of carbonyl (C=O) groups is 1. The molecule has 1 aromatic rings. The van der Waals surface area contributed by atoms with Crippen molar-refractivity contribution in [1.82, 2.24) is 5.43 Å². The summed E-state index contributed by atoms with van der Waals surface area (Å²) in [4.78, 5) is 12.8. The highest BCUT2D eigenvalue weighted by atomic mass is 16.3. The molecule has 1 rings (SSSR count). The highest BCUT2D eigenvalue weighted by Crippen LogP contribution is 2.16. The third-order valence-electron chi connectivity index (χ3n) is 2.13. The van der Waals surface area contributed by atoms with E-state index in [-0.39, 0.29) is 11.7 Å². The van der Waals surface area contributed by atoms with Crippen LogP contribution in [-0.4, -0.2) is 24.6 Å². The molecular weight excluding hydrogens is 194 g/mol. The fourth-order valence-corrected chi connectivity index (χ4v) is 1.18. The van der Waals surface area contributed by atoms with Crippen LogP contribution in [0.2, 0.25) is 0 Å². The van der Waals surface area contributed by atoms with Crippen LogP contribution in [-0.2, 0) is 4.79 Å². The Hall–Kier alpha value is -1.75. The lowest BCUT2D eigenvalue weighted by atomic mass is 10.2. The molecule has 0 aromatic heterocycles. The fourth-order valence-electron chi connectivity index (χ4n) is 1.18. The number of nitrogens with zero attached hydrogens (tertiary/aromatic N) is 1. The summed E-state index contributed by atoms with van der Waals surface area (Å²) >= 11 is 0. The van der Waals surface area contributed by atoms with Gasteiger partial charge in [-0.3, -0.25) is 10.2 Å². The van der Waals surface area contributed by atoms with Crippen molar-refractivity contribution in [2.75, 3.05) is 18.5 Å². The Kier molecular flexibility index (Phi) is 3.93. The van der Waals surface area contributed by atoms with E-state index < -0.39 is 0 Å². The van der Waals surface area contributed by atoms with E-state index in [1.54, 1.807) is 24.3 Å². The summed E-state index contributed by atoms with van der Waals surface area (Å²) in [5.74, 6) is 5.00. The van der Waals surface area contributed by atoms with Crippen molar-refractivity contribution in [2.45, 2.75) is 6.42 Å². The third-order valence-corrected chi connectivity index (χ3v) is 2.13. The third kappa shape index (κ3) is 3.47. The maximum absolute atomic E-state index is 10.9. The molecule has 0 radical (unpaired) electrons. The van der Waals surface area contributed by atoms with E-state index in [1.165, 1.54) is 0 Å². The van der Waals surface area contributed by atoms with E-state index in [0.717, 1.165) is 5.69 Å². The first-order valence-corrected chi connectivity index (χ1v) is 4.63. The average Bonchev–Trinajstić information content (AvgIpc) is 2.26. The molecule has 0 atom stereocenters. The summed E-state index contributed by atoms with van der Waals surface area (Å²) in [7, 11) is 1.87. The molecule has 0 saturated heterocycles. The molecule has 0 aliphatic carbocycles. The molecular formula is C10H15N3O2. The van der Waals surface area contributed by atoms with Crippen LogP contribution in [0.5, 0.6) is 5.75 Å². The predicted octanol–water partition coefficient (Wildman–Crippen LogP) is 0.208. The largest absolute Gasteiger partial charge is 0.508 e. The van der Waals surface area contributed by atoms with Gasteiger partial charge in [0.05, 0.1) is 0 Å². The molecule has 0 spiro atoms. The average molecular weight is 209 g/mol. The van der Waals surface area contributed by atoms with Gasteiger partial charge in [-0.15, -0.1) is 0 Å². The van der Waals surface area contributed by atoms with Gasteiger partial charge < -0.3 is 10.0 Å². The van der Waals surface area contributed by atoms with Gasteiger partial charge in [0.15, 0.2) is 0 Å². The maximum Gasteiger partial charge on any atom is 0.235 e. The number of amides is 1. The Morgan fingerprint density at radius 1 is 1.47 bits per heavy atom. The highest BCUT2D eigenvalue weighted by molar-refractivity contribution is 5.75. The lowest BCUT2D eigenvalue weighted by Crippen LogP contribution is -2.33. The molecule has 4 N–H and O–H groups in total. The molecule has 1 amide bonds. The Labute approximate surface area is 88.5 Å². The summed E-state index contributed by atoms with van der Waals surface area (Å²) < 4.78 is 0. The molecule has 15 heavy (non-hydrogen) atoms. The van der Waals surface area contributed by atoms with Gasteiger partial charge in [-0.1, -0.05) is 0 Å². The van der Waals surface area contributed by atoms with Crippen LogP contribution in [0.1, 0.15) is 6.42 Å². The number of carbonyl (C=O) groups excluding carboxylic acids is 1. The maximum atomic E-state index is 10.9. The first kappa shape index (κ1) is 11.3. The van der Waals surface area contributed by atoms with Crippen LogP contribution in [0.15, 0.2) is 24.3 Å². The molecule has 1 aromatic carbocycles. The Morgan fingerprint density at radius 3 is 2.60 bits per heavy atom. The smallest absolute Gasteiger partial charge is 0.235 e. The zero-order chi connectivity index (χ0) is 11.3. The van der Waals surface area contributed by atoms with Gasteiger partial charge >= 0.3 is 0 Å². The van der Waals surface area contributed by atoms with Crippen molar-refractivity contribution in [3.63, 3.8) is 0 Å². The summed E-state index contributed by atoms with van der Waals surface area (Å²) in [6, 6.07) is 6.79. The molecule has 0 heterocycles. The SMILES string of the molecule is CN(CCC(=O)NN)c1ccc(O)cc1. The first-order chi connectivity index (χ1) is 7.13. The van der Waals surface area contributed by atoms with E-state index in [1.807, 2.05) is 11.9 Å². The molecule has 0 fully saturated rings. The second-order valence-electron chi connectivity index (χ2n) is 3.26. The van der Waals surface area contributed by atoms with E-state index >= 15 is 0 Å². The van der Waals surface area contributed by atoms with E-state index in [4.69, 9.17) is 10.9 Å². The topological polar surface area (TPSA) is 78.6 Å². The minimum absolute atomic E-state index is 0.194. The predicted molar refractivity (Wildman–Crippen MR) is 58.3 cm³/mol. The number of hydrazine groups is 1. The number of nitrogens with two attached hydrogens (primary N) is 1. The zero-order valence-corrected chi connectivity index (χ0v) is 8.60. The van der Waals surface area contributed by atoms with Crippen LogP contribution < -0.4 is 16.2 Å². The van der Waals surface area contributed by atoms with Crippen molar-refractivity contribution >= 4 is 11.6 Å². The lowest BCUT2D eigenvalue weighted by molar-refractivity contribution is -0.120. The van der Waals surface area contributed by atoms with Gasteiger partial charge in [-0.05, 0) is 24.3 Å². The molecule has 0 aliphatic rings. The number of anilines is 1. The zero-order valence-electron chi connectivity index (χ0n) is 8.60. The standard InChI is InChI=1S/C10H15N3O2/c1-13(7-6-10(15)12-11)8-2-4-9(14)5-3-8/h2-5,14H,6-7,11H2,1H3,(H,12,15). The van der Waals surface area contributed by atoms with Crippen LogP contribution in [0, 0.1) is 0 Å². The summed E-state index contributed by atoms with van der Waals surface area (Å²) in [6.45, 7) is 0.577. The second kappa shape index (κ2) is 5.21. The number of hydrogen-bond donors (Lipinski definition) is 3. The molecule has 0 unspecified atom stereocenters. The summed E-state index contributed by atoms with van der Waals surface area (Å²) in [5, 5.41) is 9.10. The number of rotatable bonds is 4. The van der Waals surface area contributed by atoms with Crippen molar-refractivity contribution in [2.24, 2.45) is 5.84 Å².